The van der Waals surface area contributed by atoms with Crippen molar-refractivity contribution in [3.05, 3.63) is 70.7 Å². The molecular formula is C29H33N3O6. The number of hydrogen-bond donors (Lipinski definition) is 0. The number of carbonyl (C=O) groups excluding carboxylic acids is 1. The Hall–Kier alpha value is -3.69. The topological polar surface area (TPSA) is 76.9 Å². The lowest BCUT2D eigenvalue weighted by atomic mass is 9.98. The molecule has 4 heterocycles. The van der Waals surface area contributed by atoms with Crippen LogP contribution in [-0.4, -0.2) is 74.3 Å². The van der Waals surface area contributed by atoms with Crippen molar-refractivity contribution in [3.8, 4) is 23.0 Å². The Labute approximate surface area is 222 Å². The van der Waals surface area contributed by atoms with Gasteiger partial charge in [-0.25, -0.2) is 0 Å². The molecule has 0 spiro atoms. The first kappa shape index (κ1) is 24.6. The number of nitrogens with zero attached hydrogens (tertiary/aromatic N) is 3. The van der Waals surface area contributed by atoms with Crippen molar-refractivity contribution < 1.29 is 28.2 Å². The van der Waals surface area contributed by atoms with Crippen molar-refractivity contribution >= 4 is 5.91 Å². The van der Waals surface area contributed by atoms with Gasteiger partial charge in [0.2, 0.25) is 6.79 Å². The van der Waals surface area contributed by atoms with Crippen LogP contribution < -0.4 is 18.9 Å². The number of amides is 1. The molecule has 0 aliphatic carbocycles. The van der Waals surface area contributed by atoms with Crippen LogP contribution >= 0.6 is 0 Å². The van der Waals surface area contributed by atoms with E-state index >= 15 is 0 Å². The van der Waals surface area contributed by atoms with Gasteiger partial charge in [-0.3, -0.25) is 14.6 Å². The fraction of sp³-hybridized carbons (Fsp3) is 0.414. The summed E-state index contributed by atoms with van der Waals surface area (Å²) in [6.45, 7) is 6.45. The van der Waals surface area contributed by atoms with Gasteiger partial charge in [0.1, 0.15) is 5.76 Å². The van der Waals surface area contributed by atoms with Crippen LogP contribution in [0.2, 0.25) is 0 Å². The monoisotopic (exact) mass is 519 g/mol. The van der Waals surface area contributed by atoms with Gasteiger partial charge in [0, 0.05) is 45.8 Å². The van der Waals surface area contributed by atoms with Crippen LogP contribution in [-0.2, 0) is 26.1 Å². The van der Waals surface area contributed by atoms with Crippen LogP contribution in [0.4, 0.5) is 0 Å². The molecule has 1 aromatic heterocycles. The smallest absolute Gasteiger partial charge is 0.289 e. The summed E-state index contributed by atoms with van der Waals surface area (Å²) in [6.07, 6.45) is 0.929. The molecule has 2 aromatic carbocycles. The molecule has 0 unspecified atom stereocenters. The van der Waals surface area contributed by atoms with Gasteiger partial charge < -0.3 is 28.3 Å². The van der Waals surface area contributed by atoms with E-state index in [1.807, 2.05) is 29.2 Å². The van der Waals surface area contributed by atoms with Gasteiger partial charge in [-0.05, 0) is 59.5 Å². The third-order valence-electron chi connectivity index (χ3n) is 7.55. The summed E-state index contributed by atoms with van der Waals surface area (Å²) < 4.78 is 27.8. The average Bonchev–Trinajstić information content (AvgIpc) is 3.61. The molecule has 0 N–H and O–H groups in total. The first-order valence-corrected chi connectivity index (χ1v) is 13.0. The molecule has 0 bridgehead atoms. The highest BCUT2D eigenvalue weighted by Crippen LogP contribution is 2.34. The molecule has 1 amide bonds. The quantitative estimate of drug-likeness (QED) is 0.469. The van der Waals surface area contributed by atoms with Crippen LogP contribution in [0.25, 0.3) is 0 Å². The molecule has 3 aliphatic rings. The Morgan fingerprint density at radius 2 is 1.58 bits per heavy atom. The molecule has 9 nitrogen and oxygen atoms in total. The number of benzene rings is 2. The van der Waals surface area contributed by atoms with Crippen LogP contribution in [0.15, 0.2) is 46.9 Å². The number of fused-ring (bicyclic) bond motifs is 2. The maximum Gasteiger partial charge on any atom is 0.289 e. The fourth-order valence-corrected chi connectivity index (χ4v) is 5.44. The Bertz CT molecular complexity index is 1310. The van der Waals surface area contributed by atoms with Crippen LogP contribution in [0.3, 0.4) is 0 Å². The molecule has 3 aliphatic heterocycles. The minimum atomic E-state index is -0.0419. The first-order valence-electron chi connectivity index (χ1n) is 13.0. The van der Waals surface area contributed by atoms with Gasteiger partial charge in [0.15, 0.2) is 28.8 Å². The number of rotatable bonds is 7. The largest absolute Gasteiger partial charge is 0.493 e. The van der Waals surface area contributed by atoms with Crippen LogP contribution in [0.1, 0.15) is 33.0 Å². The van der Waals surface area contributed by atoms with Crippen molar-refractivity contribution in [1.29, 1.82) is 0 Å². The summed E-state index contributed by atoms with van der Waals surface area (Å²) in [5, 5.41) is 0. The molecule has 0 atom stereocenters. The van der Waals surface area contributed by atoms with E-state index in [0.717, 1.165) is 67.9 Å². The number of carbonyl (C=O) groups is 1. The molecule has 9 heteroatoms. The zero-order valence-corrected chi connectivity index (χ0v) is 21.9. The zero-order valence-electron chi connectivity index (χ0n) is 21.9. The van der Waals surface area contributed by atoms with Crippen molar-refractivity contribution in [3.63, 3.8) is 0 Å². The molecular weight excluding hydrogens is 486 g/mol. The second-order valence-electron chi connectivity index (χ2n) is 9.96. The highest BCUT2D eigenvalue weighted by molar-refractivity contribution is 5.91. The number of furan rings is 1. The summed E-state index contributed by atoms with van der Waals surface area (Å²) in [6, 6.07) is 13.9. The summed E-state index contributed by atoms with van der Waals surface area (Å²) in [5.41, 5.74) is 3.70. The van der Waals surface area contributed by atoms with E-state index < -0.39 is 0 Å². The minimum Gasteiger partial charge on any atom is -0.493 e. The molecule has 0 saturated carbocycles. The Kier molecular flexibility index (Phi) is 6.86. The third-order valence-corrected chi connectivity index (χ3v) is 7.55. The number of hydrogen-bond acceptors (Lipinski definition) is 8. The lowest BCUT2D eigenvalue weighted by molar-refractivity contribution is 0.0594. The lowest BCUT2D eigenvalue weighted by Crippen LogP contribution is -2.48. The summed E-state index contributed by atoms with van der Waals surface area (Å²) in [4.78, 5) is 19.7. The van der Waals surface area contributed by atoms with E-state index in [1.165, 1.54) is 16.7 Å². The normalized spacial score (nSPS) is 17.4. The second-order valence-corrected chi connectivity index (χ2v) is 9.96. The van der Waals surface area contributed by atoms with E-state index in [4.69, 9.17) is 23.4 Å². The molecule has 38 heavy (non-hydrogen) atoms. The van der Waals surface area contributed by atoms with E-state index in [1.54, 1.807) is 14.2 Å². The number of piperazine rings is 1. The molecule has 1 saturated heterocycles. The predicted molar refractivity (Wildman–Crippen MR) is 140 cm³/mol. The molecule has 200 valence electrons. The van der Waals surface area contributed by atoms with E-state index in [9.17, 15) is 4.79 Å². The van der Waals surface area contributed by atoms with Crippen LogP contribution in [0, 0.1) is 0 Å². The Balaban J connectivity index is 1.02. The summed E-state index contributed by atoms with van der Waals surface area (Å²) in [5.74, 6) is 4.29. The zero-order chi connectivity index (χ0) is 26.1. The highest BCUT2D eigenvalue weighted by Gasteiger charge is 2.26. The second kappa shape index (κ2) is 10.6. The summed E-state index contributed by atoms with van der Waals surface area (Å²) in [7, 11) is 3.32. The first-order chi connectivity index (χ1) is 18.6. The minimum absolute atomic E-state index is 0.0419. The van der Waals surface area contributed by atoms with Crippen molar-refractivity contribution in [2.24, 2.45) is 0 Å². The molecule has 1 fully saturated rings. The average molecular weight is 520 g/mol. The van der Waals surface area contributed by atoms with Crippen LogP contribution in [0.5, 0.6) is 23.0 Å². The maximum atomic E-state index is 13.1. The van der Waals surface area contributed by atoms with Gasteiger partial charge in [0.25, 0.3) is 5.91 Å². The molecule has 6 rings (SSSR count). The number of methoxy groups -OCH3 is 2. The van der Waals surface area contributed by atoms with Crippen molar-refractivity contribution in [2.45, 2.75) is 26.1 Å². The van der Waals surface area contributed by atoms with Gasteiger partial charge in [-0.2, -0.15) is 0 Å². The third kappa shape index (κ3) is 5.04. The Morgan fingerprint density at radius 3 is 2.37 bits per heavy atom. The van der Waals surface area contributed by atoms with Crippen molar-refractivity contribution in [1.82, 2.24) is 14.7 Å². The van der Waals surface area contributed by atoms with E-state index in [-0.39, 0.29) is 12.7 Å². The van der Waals surface area contributed by atoms with Gasteiger partial charge in [-0.15, -0.1) is 0 Å². The molecule has 3 aromatic rings. The SMILES string of the molecule is COc1cc2c(cc1OC)CN(Cc1ccc(C(=O)N3CCN(Cc4ccc5c(c4)OCO5)CC3)o1)CC2. The Morgan fingerprint density at radius 1 is 0.816 bits per heavy atom. The fourth-order valence-electron chi connectivity index (χ4n) is 5.44. The van der Waals surface area contributed by atoms with Gasteiger partial charge in [0.05, 0.1) is 20.8 Å². The number of ether oxygens (including phenoxy) is 4. The molecule has 0 radical (unpaired) electrons. The predicted octanol–water partition coefficient (Wildman–Crippen LogP) is 3.54. The summed E-state index contributed by atoms with van der Waals surface area (Å²) >= 11 is 0. The lowest BCUT2D eigenvalue weighted by Gasteiger charge is -2.34. The van der Waals surface area contributed by atoms with Gasteiger partial charge >= 0.3 is 0 Å². The maximum absolute atomic E-state index is 13.1. The van der Waals surface area contributed by atoms with E-state index in [0.29, 0.717) is 25.4 Å². The van der Waals surface area contributed by atoms with E-state index in [2.05, 4.69) is 28.0 Å². The van der Waals surface area contributed by atoms with Crippen molar-refractivity contribution in [2.75, 3.05) is 53.7 Å². The standard InChI is InChI=1S/C29H33N3O6/c1-34-26-14-21-7-8-31(17-22(21)15-27(26)35-2)18-23-4-6-25(38-23)29(33)32-11-9-30(10-12-32)16-20-3-5-24-28(13-20)37-19-36-24/h3-6,13-15H,7-12,16-19H2,1-2H3. The van der Waals surface area contributed by atoms with Gasteiger partial charge in [-0.1, -0.05) is 6.07 Å². The highest BCUT2D eigenvalue weighted by atomic mass is 16.7.